The smallest absolute Gasteiger partial charge is 0.228 e. The Morgan fingerprint density at radius 2 is 2.12 bits per heavy atom. The first-order valence-electron chi connectivity index (χ1n) is 8.05. The van der Waals surface area contributed by atoms with Crippen LogP contribution in [-0.2, 0) is 4.79 Å². The van der Waals surface area contributed by atoms with Gasteiger partial charge in [-0.15, -0.1) is 0 Å². The largest absolute Gasteiger partial charge is 0.488 e. The Hall–Kier alpha value is -1.96. The molecule has 1 unspecified atom stereocenters. The standard InChI is InChI=1S/C18H23FN2O3S/c1-12(2)20-9-16(23)10-24-18-5-4-14(8-17(18)19)21(13(3)22)15-6-7-25-11-15/h4-8,11-12,16,20,23H,9-10H2,1-3H3. The SMILES string of the molecule is CC(=O)N(c1ccsc1)c1ccc(OCC(O)CNC(C)C)c(F)c1. The van der Waals surface area contributed by atoms with Gasteiger partial charge in [0.15, 0.2) is 11.6 Å². The van der Waals surface area contributed by atoms with Crippen molar-refractivity contribution in [1.82, 2.24) is 5.32 Å². The lowest BCUT2D eigenvalue weighted by Gasteiger charge is -2.21. The van der Waals surface area contributed by atoms with Crippen LogP contribution in [0, 0.1) is 5.82 Å². The van der Waals surface area contributed by atoms with Gasteiger partial charge >= 0.3 is 0 Å². The van der Waals surface area contributed by atoms with E-state index in [0.29, 0.717) is 17.9 Å². The van der Waals surface area contributed by atoms with E-state index in [1.54, 1.807) is 12.1 Å². The second kappa shape index (κ2) is 8.94. The highest BCUT2D eigenvalue weighted by atomic mass is 32.1. The van der Waals surface area contributed by atoms with E-state index in [1.807, 2.05) is 24.6 Å². The van der Waals surface area contributed by atoms with Gasteiger partial charge in [-0.2, -0.15) is 11.3 Å². The van der Waals surface area contributed by atoms with Crippen molar-refractivity contribution >= 4 is 28.6 Å². The predicted molar refractivity (Wildman–Crippen MR) is 98.2 cm³/mol. The molecule has 0 spiro atoms. The molecule has 136 valence electrons. The molecule has 1 atom stereocenters. The zero-order chi connectivity index (χ0) is 18.4. The number of amides is 1. The summed E-state index contributed by atoms with van der Waals surface area (Å²) in [6.45, 7) is 5.73. The molecule has 1 heterocycles. The van der Waals surface area contributed by atoms with E-state index in [2.05, 4.69) is 5.32 Å². The summed E-state index contributed by atoms with van der Waals surface area (Å²) in [5.74, 6) is -0.745. The van der Waals surface area contributed by atoms with Gasteiger partial charge in [-0.3, -0.25) is 9.69 Å². The van der Waals surface area contributed by atoms with E-state index in [1.165, 1.54) is 35.3 Å². The summed E-state index contributed by atoms with van der Waals surface area (Å²) >= 11 is 1.46. The Kier molecular flexibility index (Phi) is 6.92. The molecule has 7 heteroatoms. The van der Waals surface area contributed by atoms with Crippen molar-refractivity contribution in [1.29, 1.82) is 0 Å². The summed E-state index contributed by atoms with van der Waals surface area (Å²) in [6.07, 6.45) is -0.735. The molecule has 25 heavy (non-hydrogen) atoms. The highest BCUT2D eigenvalue weighted by Gasteiger charge is 2.17. The number of benzene rings is 1. The first kappa shape index (κ1) is 19.4. The molecular weight excluding hydrogens is 343 g/mol. The van der Waals surface area contributed by atoms with Crippen LogP contribution >= 0.6 is 11.3 Å². The van der Waals surface area contributed by atoms with Crippen LogP contribution in [0.25, 0.3) is 0 Å². The van der Waals surface area contributed by atoms with Gasteiger partial charge in [-0.1, -0.05) is 13.8 Å². The van der Waals surface area contributed by atoms with Crippen molar-refractivity contribution in [3.8, 4) is 5.75 Å². The van der Waals surface area contributed by atoms with E-state index < -0.39 is 11.9 Å². The summed E-state index contributed by atoms with van der Waals surface area (Å²) in [4.78, 5) is 13.4. The summed E-state index contributed by atoms with van der Waals surface area (Å²) in [5, 5.41) is 16.6. The number of rotatable bonds is 8. The lowest BCUT2D eigenvalue weighted by molar-refractivity contribution is -0.115. The van der Waals surface area contributed by atoms with Crippen molar-refractivity contribution in [3.05, 3.63) is 40.8 Å². The average Bonchev–Trinajstić information content (AvgIpc) is 3.06. The van der Waals surface area contributed by atoms with Gasteiger partial charge in [0.05, 0.1) is 11.4 Å². The number of aliphatic hydroxyl groups is 1. The van der Waals surface area contributed by atoms with E-state index in [4.69, 9.17) is 4.74 Å². The maximum atomic E-state index is 14.3. The third-order valence-electron chi connectivity index (χ3n) is 3.45. The Bertz CT molecular complexity index is 692. The minimum absolute atomic E-state index is 0.0169. The monoisotopic (exact) mass is 366 g/mol. The molecule has 0 aliphatic carbocycles. The molecule has 1 aromatic carbocycles. The number of carbonyl (C=O) groups excluding carboxylic acids is 1. The van der Waals surface area contributed by atoms with Gasteiger partial charge in [0.2, 0.25) is 5.91 Å². The van der Waals surface area contributed by atoms with Crippen LogP contribution in [0.5, 0.6) is 5.75 Å². The molecular formula is C18H23FN2O3S. The number of hydrogen-bond donors (Lipinski definition) is 2. The molecule has 5 nitrogen and oxygen atoms in total. The maximum absolute atomic E-state index is 14.3. The number of hydrogen-bond acceptors (Lipinski definition) is 5. The van der Waals surface area contributed by atoms with Crippen molar-refractivity contribution in [2.75, 3.05) is 18.1 Å². The van der Waals surface area contributed by atoms with Crippen LogP contribution < -0.4 is 15.0 Å². The highest BCUT2D eigenvalue weighted by molar-refractivity contribution is 7.08. The Balaban J connectivity index is 2.06. The lowest BCUT2D eigenvalue weighted by atomic mass is 10.2. The summed E-state index contributed by atoms with van der Waals surface area (Å²) in [7, 11) is 0. The number of anilines is 2. The molecule has 2 rings (SSSR count). The molecule has 1 amide bonds. The predicted octanol–water partition coefficient (Wildman–Crippen LogP) is 3.31. The minimum Gasteiger partial charge on any atom is -0.488 e. The van der Waals surface area contributed by atoms with Crippen molar-refractivity contribution in [2.24, 2.45) is 0 Å². The highest BCUT2D eigenvalue weighted by Crippen LogP contribution is 2.30. The fraction of sp³-hybridized carbons (Fsp3) is 0.389. The zero-order valence-electron chi connectivity index (χ0n) is 14.5. The molecule has 0 aliphatic heterocycles. The molecule has 0 bridgehead atoms. The Labute approximate surface area is 151 Å². The van der Waals surface area contributed by atoms with Gasteiger partial charge < -0.3 is 15.2 Å². The van der Waals surface area contributed by atoms with Gasteiger partial charge in [-0.05, 0) is 23.6 Å². The third-order valence-corrected chi connectivity index (χ3v) is 4.12. The van der Waals surface area contributed by atoms with Crippen LogP contribution in [0.4, 0.5) is 15.8 Å². The zero-order valence-corrected chi connectivity index (χ0v) is 15.3. The van der Waals surface area contributed by atoms with Gasteiger partial charge in [0.25, 0.3) is 0 Å². The first-order chi connectivity index (χ1) is 11.9. The number of ether oxygens (including phenoxy) is 1. The lowest BCUT2D eigenvalue weighted by Crippen LogP contribution is -2.35. The number of carbonyl (C=O) groups is 1. The molecule has 0 saturated carbocycles. The Morgan fingerprint density at radius 1 is 1.36 bits per heavy atom. The molecule has 1 aromatic heterocycles. The van der Waals surface area contributed by atoms with Crippen LogP contribution in [0.2, 0.25) is 0 Å². The van der Waals surface area contributed by atoms with E-state index in [0.717, 1.165) is 0 Å². The van der Waals surface area contributed by atoms with Crippen LogP contribution in [-0.4, -0.2) is 36.3 Å². The molecule has 0 saturated heterocycles. The first-order valence-corrected chi connectivity index (χ1v) is 8.99. The second-order valence-electron chi connectivity index (χ2n) is 5.98. The van der Waals surface area contributed by atoms with Crippen LogP contribution in [0.15, 0.2) is 35.0 Å². The summed E-state index contributed by atoms with van der Waals surface area (Å²) in [5.41, 5.74) is 1.12. The summed E-state index contributed by atoms with van der Waals surface area (Å²) < 4.78 is 19.7. The number of aliphatic hydroxyl groups excluding tert-OH is 1. The quantitative estimate of drug-likeness (QED) is 0.752. The van der Waals surface area contributed by atoms with Crippen molar-refractivity contribution < 1.29 is 19.0 Å². The molecule has 0 fully saturated rings. The van der Waals surface area contributed by atoms with Crippen molar-refractivity contribution in [2.45, 2.75) is 32.9 Å². The minimum atomic E-state index is -0.735. The Morgan fingerprint density at radius 3 is 2.68 bits per heavy atom. The number of nitrogens with zero attached hydrogens (tertiary/aromatic N) is 1. The molecule has 0 aliphatic rings. The van der Waals surface area contributed by atoms with Gasteiger partial charge in [-0.25, -0.2) is 4.39 Å². The third kappa shape index (κ3) is 5.52. The molecule has 2 N–H and O–H groups in total. The number of nitrogens with one attached hydrogen (secondary N) is 1. The number of thiophene rings is 1. The van der Waals surface area contributed by atoms with Gasteiger partial charge in [0, 0.05) is 31.0 Å². The summed E-state index contributed by atoms with van der Waals surface area (Å²) in [6, 6.07) is 6.39. The fourth-order valence-corrected chi connectivity index (χ4v) is 2.88. The van der Waals surface area contributed by atoms with Crippen LogP contribution in [0.1, 0.15) is 20.8 Å². The average molecular weight is 366 g/mol. The molecule has 2 aromatic rings. The van der Waals surface area contributed by atoms with Crippen LogP contribution in [0.3, 0.4) is 0 Å². The van der Waals surface area contributed by atoms with Crippen molar-refractivity contribution in [3.63, 3.8) is 0 Å². The second-order valence-corrected chi connectivity index (χ2v) is 6.76. The molecule has 0 radical (unpaired) electrons. The maximum Gasteiger partial charge on any atom is 0.228 e. The van der Waals surface area contributed by atoms with E-state index in [-0.39, 0.29) is 24.3 Å². The normalized spacial score (nSPS) is 12.2. The number of halogens is 1. The fourth-order valence-electron chi connectivity index (χ4n) is 2.26. The van der Waals surface area contributed by atoms with E-state index in [9.17, 15) is 14.3 Å². The topological polar surface area (TPSA) is 61.8 Å². The van der Waals surface area contributed by atoms with Gasteiger partial charge in [0.1, 0.15) is 12.7 Å². The van der Waals surface area contributed by atoms with E-state index >= 15 is 0 Å².